The van der Waals surface area contributed by atoms with Crippen molar-refractivity contribution in [3.05, 3.63) is 47.7 Å². The Bertz CT molecular complexity index is 546. The minimum atomic E-state index is -0.347. The summed E-state index contributed by atoms with van der Waals surface area (Å²) in [4.78, 5) is 25.4. The monoisotopic (exact) mass is 287 g/mol. The van der Waals surface area contributed by atoms with Gasteiger partial charge in [0.2, 0.25) is 0 Å². The molecule has 1 aromatic rings. The first-order valence-corrected chi connectivity index (χ1v) is 7.16. The van der Waals surface area contributed by atoms with Gasteiger partial charge in [-0.1, -0.05) is 26.0 Å². The summed E-state index contributed by atoms with van der Waals surface area (Å²) in [5.74, 6) is 0.303. The van der Waals surface area contributed by atoms with Crippen LogP contribution in [0, 0.1) is 5.92 Å². The van der Waals surface area contributed by atoms with Crippen LogP contribution in [0.4, 0.5) is 0 Å². The standard InChI is InChI=1S/C17H21NO3/c1-12(2)11-18-9-8-15(19)10-16(18)13-4-6-14(7-5-13)17(20)21-3/h4-9,12,16H,10-11H2,1-3H3. The molecule has 0 fully saturated rings. The van der Waals surface area contributed by atoms with Gasteiger partial charge in [-0.25, -0.2) is 4.79 Å². The SMILES string of the molecule is COC(=O)c1ccc(C2CC(=O)C=CN2CC(C)C)cc1. The van der Waals surface area contributed by atoms with Crippen LogP contribution >= 0.6 is 0 Å². The number of carbonyl (C=O) groups is 2. The lowest BCUT2D eigenvalue weighted by molar-refractivity contribution is -0.116. The number of hydrogen-bond acceptors (Lipinski definition) is 4. The Hall–Kier alpha value is -2.10. The van der Waals surface area contributed by atoms with Gasteiger partial charge in [-0.3, -0.25) is 4.79 Å². The van der Waals surface area contributed by atoms with Gasteiger partial charge in [-0.2, -0.15) is 0 Å². The van der Waals surface area contributed by atoms with E-state index in [2.05, 4.69) is 18.7 Å². The van der Waals surface area contributed by atoms with Crippen LogP contribution in [-0.4, -0.2) is 30.3 Å². The summed E-state index contributed by atoms with van der Waals surface area (Å²) in [5.41, 5.74) is 1.57. The third kappa shape index (κ3) is 3.72. The highest BCUT2D eigenvalue weighted by molar-refractivity contribution is 5.91. The van der Waals surface area contributed by atoms with Gasteiger partial charge >= 0.3 is 5.97 Å². The summed E-state index contributed by atoms with van der Waals surface area (Å²) < 4.78 is 4.70. The zero-order valence-electron chi connectivity index (χ0n) is 12.7. The number of carbonyl (C=O) groups excluding carboxylic acids is 2. The van der Waals surface area contributed by atoms with E-state index >= 15 is 0 Å². The first kappa shape index (κ1) is 15.3. The van der Waals surface area contributed by atoms with E-state index in [0.717, 1.165) is 12.1 Å². The van der Waals surface area contributed by atoms with Gasteiger partial charge in [0.15, 0.2) is 5.78 Å². The molecule has 1 aromatic carbocycles. The van der Waals surface area contributed by atoms with Crippen molar-refractivity contribution in [2.75, 3.05) is 13.7 Å². The molecule has 1 heterocycles. The number of allylic oxidation sites excluding steroid dienone is 1. The van der Waals surface area contributed by atoms with Crippen molar-refractivity contribution in [2.45, 2.75) is 26.3 Å². The molecular weight excluding hydrogens is 266 g/mol. The fourth-order valence-electron chi connectivity index (χ4n) is 2.54. The Morgan fingerprint density at radius 2 is 2.00 bits per heavy atom. The van der Waals surface area contributed by atoms with Crippen LogP contribution in [0.5, 0.6) is 0 Å². The summed E-state index contributed by atoms with van der Waals surface area (Å²) in [6.45, 7) is 5.20. The van der Waals surface area contributed by atoms with Gasteiger partial charge in [0.1, 0.15) is 0 Å². The van der Waals surface area contributed by atoms with Crippen molar-refractivity contribution >= 4 is 11.8 Å². The van der Waals surface area contributed by atoms with Gasteiger partial charge in [-0.15, -0.1) is 0 Å². The molecule has 0 saturated carbocycles. The van der Waals surface area contributed by atoms with E-state index in [0.29, 0.717) is 17.9 Å². The molecule has 1 aliphatic rings. The van der Waals surface area contributed by atoms with Crippen LogP contribution in [0.15, 0.2) is 36.5 Å². The minimum Gasteiger partial charge on any atom is -0.465 e. The first-order chi connectivity index (χ1) is 10.0. The van der Waals surface area contributed by atoms with E-state index in [1.54, 1.807) is 18.2 Å². The van der Waals surface area contributed by atoms with Crippen LogP contribution in [0.3, 0.4) is 0 Å². The number of ether oxygens (including phenoxy) is 1. The molecule has 4 heteroatoms. The zero-order chi connectivity index (χ0) is 15.4. The van der Waals surface area contributed by atoms with E-state index in [1.165, 1.54) is 7.11 Å². The van der Waals surface area contributed by atoms with E-state index in [1.807, 2.05) is 18.3 Å². The van der Waals surface area contributed by atoms with Crippen molar-refractivity contribution in [1.82, 2.24) is 4.90 Å². The van der Waals surface area contributed by atoms with Gasteiger partial charge < -0.3 is 9.64 Å². The maximum Gasteiger partial charge on any atom is 0.337 e. The molecule has 0 saturated heterocycles. The zero-order valence-corrected chi connectivity index (χ0v) is 12.7. The van der Waals surface area contributed by atoms with Gasteiger partial charge in [0.25, 0.3) is 0 Å². The molecule has 0 aliphatic carbocycles. The number of methoxy groups -OCH3 is 1. The molecule has 0 radical (unpaired) electrons. The maximum absolute atomic E-state index is 11.7. The average Bonchev–Trinajstić information content (AvgIpc) is 2.48. The Balaban J connectivity index is 2.23. The van der Waals surface area contributed by atoms with Crippen LogP contribution in [-0.2, 0) is 9.53 Å². The Morgan fingerprint density at radius 1 is 1.33 bits per heavy atom. The number of nitrogens with zero attached hydrogens (tertiary/aromatic N) is 1. The minimum absolute atomic E-state index is 0.0385. The van der Waals surface area contributed by atoms with Crippen LogP contribution in [0.1, 0.15) is 42.2 Å². The highest BCUT2D eigenvalue weighted by Gasteiger charge is 2.24. The van der Waals surface area contributed by atoms with E-state index in [4.69, 9.17) is 4.74 Å². The predicted molar refractivity (Wildman–Crippen MR) is 80.8 cm³/mol. The number of rotatable bonds is 4. The van der Waals surface area contributed by atoms with Gasteiger partial charge in [0.05, 0.1) is 18.7 Å². The molecule has 0 amide bonds. The Labute approximate surface area is 125 Å². The normalized spacial score (nSPS) is 18.2. The lowest BCUT2D eigenvalue weighted by Crippen LogP contribution is -2.32. The molecule has 4 nitrogen and oxygen atoms in total. The third-order valence-corrected chi connectivity index (χ3v) is 3.54. The molecule has 0 spiro atoms. The highest BCUT2D eigenvalue weighted by atomic mass is 16.5. The fourth-order valence-corrected chi connectivity index (χ4v) is 2.54. The van der Waals surface area contributed by atoms with E-state index < -0.39 is 0 Å². The summed E-state index contributed by atoms with van der Waals surface area (Å²) >= 11 is 0. The summed E-state index contributed by atoms with van der Waals surface area (Å²) in [6.07, 6.45) is 3.99. The topological polar surface area (TPSA) is 46.6 Å². The predicted octanol–water partition coefficient (Wildman–Crippen LogP) is 2.96. The summed E-state index contributed by atoms with van der Waals surface area (Å²) in [7, 11) is 1.37. The van der Waals surface area contributed by atoms with Crippen molar-refractivity contribution in [3.8, 4) is 0 Å². The molecular formula is C17H21NO3. The van der Waals surface area contributed by atoms with Crippen LogP contribution in [0.2, 0.25) is 0 Å². The van der Waals surface area contributed by atoms with Gasteiger partial charge in [-0.05, 0) is 29.7 Å². The molecule has 0 bridgehead atoms. The van der Waals surface area contributed by atoms with Crippen molar-refractivity contribution in [1.29, 1.82) is 0 Å². The quantitative estimate of drug-likeness (QED) is 0.799. The summed E-state index contributed by atoms with van der Waals surface area (Å²) in [5, 5.41) is 0. The van der Waals surface area contributed by atoms with E-state index in [-0.39, 0.29) is 17.8 Å². The maximum atomic E-state index is 11.7. The molecule has 2 rings (SSSR count). The highest BCUT2D eigenvalue weighted by Crippen LogP contribution is 2.29. The third-order valence-electron chi connectivity index (χ3n) is 3.54. The van der Waals surface area contributed by atoms with Crippen molar-refractivity contribution in [2.24, 2.45) is 5.92 Å². The first-order valence-electron chi connectivity index (χ1n) is 7.16. The number of benzene rings is 1. The summed E-state index contributed by atoms with van der Waals surface area (Å²) in [6, 6.07) is 7.33. The molecule has 21 heavy (non-hydrogen) atoms. The lowest BCUT2D eigenvalue weighted by atomic mass is 9.95. The molecule has 1 aliphatic heterocycles. The molecule has 0 aromatic heterocycles. The largest absolute Gasteiger partial charge is 0.465 e. The molecule has 112 valence electrons. The Kier molecular flexibility index (Phi) is 4.78. The Morgan fingerprint density at radius 3 is 2.57 bits per heavy atom. The lowest BCUT2D eigenvalue weighted by Gasteiger charge is -2.34. The van der Waals surface area contributed by atoms with Gasteiger partial charge in [0, 0.05) is 19.2 Å². The second kappa shape index (κ2) is 6.57. The molecule has 1 unspecified atom stereocenters. The average molecular weight is 287 g/mol. The van der Waals surface area contributed by atoms with Crippen molar-refractivity contribution < 1.29 is 14.3 Å². The number of esters is 1. The fraction of sp³-hybridized carbons (Fsp3) is 0.412. The number of hydrogen-bond donors (Lipinski definition) is 0. The molecule has 0 N–H and O–H groups in total. The second-order valence-electron chi connectivity index (χ2n) is 5.71. The van der Waals surface area contributed by atoms with Crippen LogP contribution in [0.25, 0.3) is 0 Å². The smallest absolute Gasteiger partial charge is 0.337 e. The number of ketones is 1. The van der Waals surface area contributed by atoms with Crippen molar-refractivity contribution in [3.63, 3.8) is 0 Å². The van der Waals surface area contributed by atoms with E-state index in [9.17, 15) is 9.59 Å². The van der Waals surface area contributed by atoms with Crippen LogP contribution < -0.4 is 0 Å². The molecule has 1 atom stereocenters. The second-order valence-corrected chi connectivity index (χ2v) is 5.71.